The topological polar surface area (TPSA) is 64.4 Å². The quantitative estimate of drug-likeness (QED) is 0.774. The number of carbonyl (C=O) groups excluding carboxylic acids is 1. The number of rotatable bonds is 8. The van der Waals surface area contributed by atoms with Crippen LogP contribution in [0.2, 0.25) is 0 Å². The van der Waals surface area contributed by atoms with E-state index in [0.717, 1.165) is 5.56 Å². The predicted molar refractivity (Wildman–Crippen MR) is 77.2 cm³/mol. The molecule has 0 radical (unpaired) electrons. The summed E-state index contributed by atoms with van der Waals surface area (Å²) in [4.78, 5) is 11.8. The molecule has 1 aromatic rings. The summed E-state index contributed by atoms with van der Waals surface area (Å²) in [6, 6.07) is 6.15. The predicted octanol–water partition coefficient (Wildman–Crippen LogP) is 2.32. The van der Waals surface area contributed by atoms with E-state index in [9.17, 15) is 13.6 Å². The Morgan fingerprint density at radius 3 is 2.71 bits per heavy atom. The van der Waals surface area contributed by atoms with E-state index in [1.165, 1.54) is 0 Å². The van der Waals surface area contributed by atoms with Gasteiger partial charge in [0.05, 0.1) is 6.04 Å². The minimum atomic E-state index is -2.51. The summed E-state index contributed by atoms with van der Waals surface area (Å²) in [5, 5.41) is 2.73. The maximum absolute atomic E-state index is 12.1. The van der Waals surface area contributed by atoms with Crippen molar-refractivity contribution in [3.05, 3.63) is 29.8 Å². The van der Waals surface area contributed by atoms with Gasteiger partial charge in [0.2, 0.25) is 5.91 Å². The number of nitrogens with two attached hydrogens (primary N) is 1. The maximum Gasteiger partial charge on any atom is 0.272 e. The molecular weight excluding hydrogens is 278 g/mol. The lowest BCUT2D eigenvalue weighted by Crippen LogP contribution is -2.41. The van der Waals surface area contributed by atoms with Gasteiger partial charge in [0.25, 0.3) is 6.43 Å². The standard InChI is InChI=1S/C15H22F2N2O2/c1-10(2)6-13(18)15(20)19-8-11-4-3-5-12(7-11)21-9-14(16)17/h3-5,7,10,13-14H,6,8-9,18H2,1-2H3,(H,19,20)/t13-/m0/s1. The van der Waals surface area contributed by atoms with Crippen LogP contribution in [0.5, 0.6) is 5.75 Å². The van der Waals surface area contributed by atoms with Crippen molar-refractivity contribution in [3.63, 3.8) is 0 Å². The molecule has 0 heterocycles. The van der Waals surface area contributed by atoms with Gasteiger partial charge in [-0.25, -0.2) is 8.78 Å². The second-order valence-corrected chi connectivity index (χ2v) is 5.30. The van der Waals surface area contributed by atoms with E-state index in [1.54, 1.807) is 24.3 Å². The fourth-order valence-electron chi connectivity index (χ4n) is 1.84. The first-order valence-electron chi connectivity index (χ1n) is 6.91. The van der Waals surface area contributed by atoms with Crippen LogP contribution in [0.1, 0.15) is 25.8 Å². The number of alkyl halides is 2. The molecule has 0 aliphatic heterocycles. The minimum Gasteiger partial charge on any atom is -0.488 e. The van der Waals surface area contributed by atoms with Gasteiger partial charge < -0.3 is 15.8 Å². The Kier molecular flexibility index (Phi) is 7.08. The fourth-order valence-corrected chi connectivity index (χ4v) is 1.84. The second kappa shape index (κ2) is 8.56. The zero-order valence-electron chi connectivity index (χ0n) is 12.3. The zero-order valence-corrected chi connectivity index (χ0v) is 12.3. The van der Waals surface area contributed by atoms with Crippen molar-refractivity contribution in [1.29, 1.82) is 0 Å². The van der Waals surface area contributed by atoms with Gasteiger partial charge in [0.1, 0.15) is 12.4 Å². The molecule has 0 aliphatic carbocycles. The van der Waals surface area contributed by atoms with Gasteiger partial charge in [0.15, 0.2) is 0 Å². The Hall–Kier alpha value is -1.69. The molecule has 4 nitrogen and oxygen atoms in total. The van der Waals surface area contributed by atoms with Crippen LogP contribution in [0.3, 0.4) is 0 Å². The highest BCUT2D eigenvalue weighted by Crippen LogP contribution is 2.14. The molecular formula is C15H22F2N2O2. The van der Waals surface area contributed by atoms with Crippen LogP contribution >= 0.6 is 0 Å². The minimum absolute atomic E-state index is 0.220. The van der Waals surface area contributed by atoms with Crippen molar-refractivity contribution < 1.29 is 18.3 Å². The van der Waals surface area contributed by atoms with Gasteiger partial charge in [0, 0.05) is 6.54 Å². The highest BCUT2D eigenvalue weighted by atomic mass is 19.3. The van der Waals surface area contributed by atoms with Gasteiger partial charge >= 0.3 is 0 Å². The molecule has 3 N–H and O–H groups in total. The van der Waals surface area contributed by atoms with Gasteiger partial charge in [-0.05, 0) is 30.0 Å². The Morgan fingerprint density at radius 2 is 2.10 bits per heavy atom. The number of carbonyl (C=O) groups is 1. The molecule has 6 heteroatoms. The van der Waals surface area contributed by atoms with Crippen molar-refractivity contribution in [2.45, 2.75) is 39.3 Å². The van der Waals surface area contributed by atoms with E-state index in [2.05, 4.69) is 5.32 Å². The van der Waals surface area contributed by atoms with Gasteiger partial charge in [-0.15, -0.1) is 0 Å². The monoisotopic (exact) mass is 300 g/mol. The summed E-state index contributed by atoms with van der Waals surface area (Å²) in [7, 11) is 0. The molecule has 0 spiro atoms. The lowest BCUT2D eigenvalue weighted by Gasteiger charge is -2.14. The van der Waals surface area contributed by atoms with Crippen LogP contribution in [0.4, 0.5) is 8.78 Å². The van der Waals surface area contributed by atoms with Gasteiger partial charge in [-0.2, -0.15) is 0 Å². The number of ether oxygens (including phenoxy) is 1. The summed E-state index contributed by atoms with van der Waals surface area (Å²) in [5.41, 5.74) is 6.54. The molecule has 0 bridgehead atoms. The average molecular weight is 300 g/mol. The molecule has 0 aromatic heterocycles. The molecule has 1 aromatic carbocycles. The van der Waals surface area contributed by atoms with E-state index >= 15 is 0 Å². The largest absolute Gasteiger partial charge is 0.488 e. The molecule has 0 aliphatic rings. The first-order valence-corrected chi connectivity index (χ1v) is 6.91. The van der Waals surface area contributed by atoms with E-state index < -0.39 is 19.1 Å². The van der Waals surface area contributed by atoms with Gasteiger partial charge in [-0.1, -0.05) is 26.0 Å². The smallest absolute Gasteiger partial charge is 0.272 e. The summed E-state index contributed by atoms with van der Waals surface area (Å²) in [6.07, 6.45) is -1.90. The molecule has 1 atom stereocenters. The molecule has 0 saturated carbocycles. The van der Waals surface area contributed by atoms with Crippen LogP contribution in [-0.4, -0.2) is 25.0 Å². The van der Waals surface area contributed by atoms with Crippen LogP contribution < -0.4 is 15.8 Å². The first-order chi connectivity index (χ1) is 9.88. The fraction of sp³-hybridized carbons (Fsp3) is 0.533. The molecule has 1 amide bonds. The van der Waals surface area contributed by atoms with Crippen molar-refractivity contribution in [2.24, 2.45) is 11.7 Å². The van der Waals surface area contributed by atoms with Crippen LogP contribution in [0.25, 0.3) is 0 Å². The van der Waals surface area contributed by atoms with Crippen molar-refractivity contribution >= 4 is 5.91 Å². The Morgan fingerprint density at radius 1 is 1.38 bits per heavy atom. The van der Waals surface area contributed by atoms with E-state index in [-0.39, 0.29) is 12.5 Å². The third-order valence-electron chi connectivity index (χ3n) is 2.80. The lowest BCUT2D eigenvalue weighted by atomic mass is 10.0. The number of hydrogen-bond acceptors (Lipinski definition) is 3. The number of amides is 1. The Labute approximate surface area is 123 Å². The highest BCUT2D eigenvalue weighted by molar-refractivity contribution is 5.81. The molecule has 0 unspecified atom stereocenters. The van der Waals surface area contributed by atoms with Gasteiger partial charge in [-0.3, -0.25) is 4.79 Å². The SMILES string of the molecule is CC(C)C[C@H](N)C(=O)NCc1cccc(OCC(F)F)c1. The zero-order chi connectivity index (χ0) is 15.8. The molecule has 118 valence electrons. The molecule has 21 heavy (non-hydrogen) atoms. The van der Waals surface area contributed by atoms with E-state index in [1.807, 2.05) is 13.8 Å². The summed E-state index contributed by atoms with van der Waals surface area (Å²) < 4.78 is 29.1. The summed E-state index contributed by atoms with van der Waals surface area (Å²) >= 11 is 0. The molecule has 0 fully saturated rings. The number of hydrogen-bond donors (Lipinski definition) is 2. The number of benzene rings is 1. The van der Waals surface area contributed by atoms with Crippen molar-refractivity contribution in [2.75, 3.05) is 6.61 Å². The Balaban J connectivity index is 2.48. The third kappa shape index (κ3) is 7.04. The highest BCUT2D eigenvalue weighted by Gasteiger charge is 2.14. The number of nitrogens with one attached hydrogen (secondary N) is 1. The van der Waals surface area contributed by atoms with Crippen molar-refractivity contribution in [1.82, 2.24) is 5.32 Å². The Bertz CT molecular complexity index is 453. The lowest BCUT2D eigenvalue weighted by molar-refractivity contribution is -0.122. The third-order valence-corrected chi connectivity index (χ3v) is 2.80. The van der Waals surface area contributed by atoms with E-state index in [4.69, 9.17) is 10.5 Å². The molecule has 0 saturated heterocycles. The number of halogens is 2. The molecule has 1 rings (SSSR count). The van der Waals surface area contributed by atoms with Crippen LogP contribution in [0.15, 0.2) is 24.3 Å². The maximum atomic E-state index is 12.1. The second-order valence-electron chi connectivity index (χ2n) is 5.30. The first kappa shape index (κ1) is 17.4. The van der Waals surface area contributed by atoms with E-state index in [0.29, 0.717) is 18.1 Å². The summed E-state index contributed by atoms with van der Waals surface area (Å²) in [5.74, 6) is 0.480. The summed E-state index contributed by atoms with van der Waals surface area (Å²) in [6.45, 7) is 3.64. The van der Waals surface area contributed by atoms with Crippen LogP contribution in [0, 0.1) is 5.92 Å². The van der Waals surface area contributed by atoms with Crippen LogP contribution in [-0.2, 0) is 11.3 Å². The average Bonchev–Trinajstić information content (AvgIpc) is 2.42. The normalized spacial score (nSPS) is 12.5. The van der Waals surface area contributed by atoms with Crippen molar-refractivity contribution in [3.8, 4) is 5.75 Å².